The SMILES string of the molecule is CCC(NC(=O)NNC(=O)c1cc(OC)ccc1OC)(C(F)(F)F)C(F)(F)F. The second-order valence-corrected chi connectivity index (χ2v) is 5.35. The van der Waals surface area contributed by atoms with Crippen molar-refractivity contribution in [3.8, 4) is 11.5 Å². The Balaban J connectivity index is 2.96. The van der Waals surface area contributed by atoms with Crippen LogP contribution in [0.2, 0.25) is 0 Å². The Hall–Kier alpha value is -2.86. The zero-order valence-electron chi connectivity index (χ0n) is 14.8. The summed E-state index contributed by atoms with van der Waals surface area (Å²) in [7, 11) is 2.52. The third kappa shape index (κ3) is 4.70. The molecule has 7 nitrogen and oxygen atoms in total. The molecule has 1 aromatic rings. The zero-order valence-corrected chi connectivity index (χ0v) is 14.8. The van der Waals surface area contributed by atoms with Gasteiger partial charge in [-0.2, -0.15) is 26.3 Å². The molecule has 0 heterocycles. The largest absolute Gasteiger partial charge is 0.497 e. The molecule has 0 aromatic heterocycles. The van der Waals surface area contributed by atoms with Gasteiger partial charge in [-0.25, -0.2) is 10.2 Å². The Labute approximate surface area is 155 Å². The Morgan fingerprint density at radius 1 is 0.964 bits per heavy atom. The van der Waals surface area contributed by atoms with Crippen molar-refractivity contribution >= 4 is 11.9 Å². The number of hydrogen-bond donors (Lipinski definition) is 3. The molecule has 13 heteroatoms. The van der Waals surface area contributed by atoms with Crippen LogP contribution in [0.15, 0.2) is 18.2 Å². The average Bonchev–Trinajstić information content (AvgIpc) is 2.61. The molecule has 0 atom stereocenters. The average molecular weight is 417 g/mol. The first-order chi connectivity index (χ1) is 12.8. The van der Waals surface area contributed by atoms with Gasteiger partial charge in [0, 0.05) is 0 Å². The summed E-state index contributed by atoms with van der Waals surface area (Å²) in [4.78, 5) is 23.7. The summed E-state index contributed by atoms with van der Waals surface area (Å²) in [6, 6.07) is 2.06. The molecular weight excluding hydrogens is 400 g/mol. The summed E-state index contributed by atoms with van der Waals surface area (Å²) in [6.45, 7) is 0.612. The van der Waals surface area contributed by atoms with Gasteiger partial charge in [0.2, 0.25) is 5.54 Å². The van der Waals surface area contributed by atoms with Crippen LogP contribution in [-0.4, -0.2) is 44.0 Å². The molecule has 1 aromatic carbocycles. The molecule has 0 bridgehead atoms. The van der Waals surface area contributed by atoms with Gasteiger partial charge < -0.3 is 14.8 Å². The first kappa shape index (κ1) is 23.2. The van der Waals surface area contributed by atoms with Crippen LogP contribution < -0.4 is 25.6 Å². The number of ether oxygens (including phenoxy) is 2. The van der Waals surface area contributed by atoms with E-state index in [4.69, 9.17) is 9.47 Å². The Bertz CT molecular complexity index is 707. The van der Waals surface area contributed by atoms with Crippen LogP contribution in [0.4, 0.5) is 31.1 Å². The first-order valence-corrected chi connectivity index (χ1v) is 7.57. The van der Waals surface area contributed by atoms with Gasteiger partial charge in [0.05, 0.1) is 19.8 Å². The maximum Gasteiger partial charge on any atom is 0.420 e. The van der Waals surface area contributed by atoms with E-state index in [-0.39, 0.29) is 17.1 Å². The molecule has 158 valence electrons. The lowest BCUT2D eigenvalue weighted by Gasteiger charge is -2.36. The number of alkyl halides is 6. The van der Waals surface area contributed by atoms with Gasteiger partial charge in [0.1, 0.15) is 11.5 Å². The van der Waals surface area contributed by atoms with Gasteiger partial charge in [-0.3, -0.25) is 10.2 Å². The Morgan fingerprint density at radius 2 is 1.54 bits per heavy atom. The molecule has 0 saturated carbocycles. The summed E-state index contributed by atoms with van der Waals surface area (Å²) in [5.74, 6) is -0.824. The maximum atomic E-state index is 13.0. The number of rotatable bonds is 5. The number of hydrazine groups is 1. The van der Waals surface area contributed by atoms with E-state index in [0.717, 1.165) is 5.32 Å². The molecule has 1 rings (SSSR count). The number of methoxy groups -OCH3 is 2. The molecule has 0 radical (unpaired) electrons. The molecule has 0 saturated heterocycles. The van der Waals surface area contributed by atoms with Crippen molar-refractivity contribution in [2.75, 3.05) is 14.2 Å². The van der Waals surface area contributed by atoms with Crippen molar-refractivity contribution in [1.82, 2.24) is 16.2 Å². The van der Waals surface area contributed by atoms with E-state index in [1.807, 2.05) is 0 Å². The Morgan fingerprint density at radius 3 is 1.96 bits per heavy atom. The monoisotopic (exact) mass is 417 g/mol. The van der Waals surface area contributed by atoms with Crippen LogP contribution in [-0.2, 0) is 0 Å². The third-order valence-corrected chi connectivity index (χ3v) is 3.77. The second kappa shape index (κ2) is 8.44. The normalized spacial score (nSPS) is 12.2. The standard InChI is InChI=1S/C15H17F6N3O4/c1-4-13(14(16,17)18,15(19,20)21)22-12(26)24-23-11(25)9-7-8(27-2)5-6-10(9)28-3/h5-7H,4H2,1-3H3,(H,23,25)(H2,22,24,26). The van der Waals surface area contributed by atoms with E-state index in [9.17, 15) is 35.9 Å². The second-order valence-electron chi connectivity index (χ2n) is 5.35. The number of carbonyl (C=O) groups excluding carboxylic acids is 2. The van der Waals surface area contributed by atoms with Gasteiger partial charge >= 0.3 is 18.4 Å². The molecule has 0 aliphatic rings. The fourth-order valence-corrected chi connectivity index (χ4v) is 2.19. The van der Waals surface area contributed by atoms with E-state index < -0.39 is 36.3 Å². The molecule has 0 aliphatic heterocycles. The lowest BCUT2D eigenvalue weighted by atomic mass is 9.94. The number of carbonyl (C=O) groups is 2. The van der Waals surface area contributed by atoms with Gasteiger partial charge in [-0.05, 0) is 24.6 Å². The maximum absolute atomic E-state index is 13.0. The fraction of sp³-hybridized carbons (Fsp3) is 0.467. The summed E-state index contributed by atoms with van der Waals surface area (Å²) < 4.78 is 87.8. The van der Waals surface area contributed by atoms with Crippen molar-refractivity contribution in [3.63, 3.8) is 0 Å². The van der Waals surface area contributed by atoms with Crippen LogP contribution in [0, 0.1) is 0 Å². The van der Waals surface area contributed by atoms with E-state index in [1.165, 1.54) is 37.8 Å². The van der Waals surface area contributed by atoms with Crippen LogP contribution in [0.1, 0.15) is 23.7 Å². The quantitative estimate of drug-likeness (QED) is 0.508. The predicted molar refractivity (Wildman–Crippen MR) is 83.8 cm³/mol. The summed E-state index contributed by atoms with van der Waals surface area (Å²) in [5, 5.41) is 0.847. The molecule has 0 fully saturated rings. The minimum atomic E-state index is -5.82. The van der Waals surface area contributed by atoms with Gasteiger partial charge in [0.25, 0.3) is 5.91 Å². The topological polar surface area (TPSA) is 88.7 Å². The molecule has 0 unspecified atom stereocenters. The molecule has 3 amide bonds. The number of benzene rings is 1. The van der Waals surface area contributed by atoms with Gasteiger partial charge in [-0.1, -0.05) is 6.92 Å². The highest BCUT2D eigenvalue weighted by atomic mass is 19.4. The van der Waals surface area contributed by atoms with Crippen molar-refractivity contribution in [2.24, 2.45) is 0 Å². The molecule has 28 heavy (non-hydrogen) atoms. The van der Waals surface area contributed by atoms with Gasteiger partial charge in [0.15, 0.2) is 0 Å². The summed E-state index contributed by atoms with van der Waals surface area (Å²) in [5.41, 5.74) is -1.51. The minimum absolute atomic E-state index is 0.0222. The van der Waals surface area contributed by atoms with Crippen LogP contribution >= 0.6 is 0 Å². The first-order valence-electron chi connectivity index (χ1n) is 7.57. The molecule has 0 aliphatic carbocycles. The van der Waals surface area contributed by atoms with E-state index >= 15 is 0 Å². The number of halogens is 6. The highest BCUT2D eigenvalue weighted by Gasteiger charge is 2.70. The highest BCUT2D eigenvalue weighted by molar-refractivity contribution is 5.98. The van der Waals surface area contributed by atoms with E-state index in [1.54, 1.807) is 5.43 Å². The lowest BCUT2D eigenvalue weighted by molar-refractivity contribution is -0.304. The van der Waals surface area contributed by atoms with Gasteiger partial charge in [-0.15, -0.1) is 0 Å². The highest BCUT2D eigenvalue weighted by Crippen LogP contribution is 2.45. The van der Waals surface area contributed by atoms with Crippen molar-refractivity contribution < 1.29 is 45.4 Å². The molecule has 0 spiro atoms. The number of nitrogens with one attached hydrogen (secondary N) is 3. The predicted octanol–water partition coefficient (Wildman–Crippen LogP) is 2.92. The van der Waals surface area contributed by atoms with Crippen LogP contribution in [0.5, 0.6) is 11.5 Å². The fourth-order valence-electron chi connectivity index (χ4n) is 2.19. The number of amides is 3. The van der Waals surface area contributed by atoms with Crippen molar-refractivity contribution in [1.29, 1.82) is 0 Å². The lowest BCUT2D eigenvalue weighted by Crippen LogP contribution is -2.69. The van der Waals surface area contributed by atoms with E-state index in [0.29, 0.717) is 6.92 Å². The van der Waals surface area contributed by atoms with Crippen LogP contribution in [0.3, 0.4) is 0 Å². The number of hydrogen-bond acceptors (Lipinski definition) is 4. The Kier molecular flexibility index (Phi) is 6.99. The van der Waals surface area contributed by atoms with E-state index in [2.05, 4.69) is 0 Å². The number of urea groups is 1. The summed E-state index contributed by atoms with van der Waals surface area (Å²) in [6.07, 6.45) is -13.2. The van der Waals surface area contributed by atoms with Crippen LogP contribution in [0.25, 0.3) is 0 Å². The molecular formula is C15H17F6N3O4. The minimum Gasteiger partial charge on any atom is -0.497 e. The van der Waals surface area contributed by atoms with Crippen molar-refractivity contribution in [2.45, 2.75) is 31.2 Å². The zero-order chi connectivity index (χ0) is 21.8. The molecule has 3 N–H and O–H groups in total. The van der Waals surface area contributed by atoms with Crippen molar-refractivity contribution in [3.05, 3.63) is 23.8 Å². The smallest absolute Gasteiger partial charge is 0.420 e. The third-order valence-electron chi connectivity index (χ3n) is 3.77. The summed E-state index contributed by atoms with van der Waals surface area (Å²) >= 11 is 0.